The summed E-state index contributed by atoms with van der Waals surface area (Å²) >= 11 is 6.43. The molecule has 5 heteroatoms. The Morgan fingerprint density at radius 1 is 1.25 bits per heavy atom. The Hall–Kier alpha value is -1.48. The first kappa shape index (κ1) is 13.5. The Kier molecular flexibility index (Phi) is 3.70. The maximum Gasteiger partial charge on any atom is 0.194 e. The van der Waals surface area contributed by atoms with Gasteiger partial charge in [-0.3, -0.25) is 4.79 Å². The van der Waals surface area contributed by atoms with E-state index in [0.29, 0.717) is 4.88 Å². The van der Waals surface area contributed by atoms with Gasteiger partial charge in [-0.1, -0.05) is 28.1 Å². The Labute approximate surface area is 132 Å². The van der Waals surface area contributed by atoms with Gasteiger partial charge in [-0.15, -0.1) is 22.7 Å². The van der Waals surface area contributed by atoms with E-state index in [0.717, 1.165) is 19.4 Å². The van der Waals surface area contributed by atoms with Gasteiger partial charge >= 0.3 is 0 Å². The van der Waals surface area contributed by atoms with Gasteiger partial charge in [-0.2, -0.15) is 5.26 Å². The number of nitrogens with zero attached hydrogens (tertiary/aromatic N) is 1. The standard InChI is InChI=1S/C15H8BrNOS2/c16-10-3-1-2-9(6-10)11(8-17)15(18)14-7-13-12(20-14)4-5-19-13/h1-7,11H. The van der Waals surface area contributed by atoms with Gasteiger partial charge in [-0.25, -0.2) is 0 Å². The van der Waals surface area contributed by atoms with E-state index in [-0.39, 0.29) is 5.78 Å². The second-order valence-electron chi connectivity index (χ2n) is 4.24. The molecule has 0 spiro atoms. The average molecular weight is 362 g/mol. The molecule has 0 fully saturated rings. The van der Waals surface area contributed by atoms with Crippen LogP contribution in [0.5, 0.6) is 0 Å². The van der Waals surface area contributed by atoms with E-state index in [1.165, 1.54) is 11.3 Å². The summed E-state index contributed by atoms with van der Waals surface area (Å²) in [5, 5.41) is 11.4. The third-order valence-corrected chi connectivity index (χ3v) is 5.56. The van der Waals surface area contributed by atoms with Crippen LogP contribution in [-0.2, 0) is 0 Å². The van der Waals surface area contributed by atoms with Crippen molar-refractivity contribution in [1.82, 2.24) is 0 Å². The van der Waals surface area contributed by atoms with Crippen LogP contribution >= 0.6 is 38.6 Å². The van der Waals surface area contributed by atoms with Crippen molar-refractivity contribution in [1.29, 1.82) is 5.26 Å². The molecule has 1 aromatic carbocycles. The first-order valence-electron chi connectivity index (χ1n) is 5.85. The zero-order valence-electron chi connectivity index (χ0n) is 10.2. The van der Waals surface area contributed by atoms with Crippen LogP contribution in [0.15, 0.2) is 46.3 Å². The molecule has 2 aromatic heterocycles. The summed E-state index contributed by atoms with van der Waals surface area (Å²) in [6.07, 6.45) is 0. The van der Waals surface area contributed by atoms with E-state index in [1.54, 1.807) is 11.3 Å². The molecular formula is C15H8BrNOS2. The number of carbonyl (C=O) groups is 1. The molecule has 0 bridgehead atoms. The summed E-state index contributed by atoms with van der Waals surface area (Å²) in [4.78, 5) is 13.2. The van der Waals surface area contributed by atoms with Gasteiger partial charge in [0.1, 0.15) is 5.92 Å². The van der Waals surface area contributed by atoms with Gasteiger partial charge < -0.3 is 0 Å². The summed E-state index contributed by atoms with van der Waals surface area (Å²) < 4.78 is 3.07. The predicted octanol–water partition coefficient (Wildman–Crippen LogP) is 5.22. The van der Waals surface area contributed by atoms with Crippen molar-refractivity contribution >= 4 is 53.8 Å². The SMILES string of the molecule is N#CC(C(=O)c1cc2sccc2s1)c1cccc(Br)c1. The summed E-state index contributed by atoms with van der Waals surface area (Å²) in [5.74, 6) is -0.876. The lowest BCUT2D eigenvalue weighted by atomic mass is 9.95. The van der Waals surface area contributed by atoms with E-state index < -0.39 is 5.92 Å². The molecule has 0 amide bonds. The normalized spacial score (nSPS) is 12.2. The Morgan fingerprint density at radius 2 is 2.10 bits per heavy atom. The van der Waals surface area contributed by atoms with Crippen LogP contribution in [0.1, 0.15) is 21.2 Å². The number of nitriles is 1. The number of thiophene rings is 2. The Balaban J connectivity index is 1.99. The van der Waals surface area contributed by atoms with Crippen molar-refractivity contribution in [2.75, 3.05) is 0 Å². The zero-order chi connectivity index (χ0) is 14.1. The molecule has 20 heavy (non-hydrogen) atoms. The highest BCUT2D eigenvalue weighted by molar-refractivity contribution is 9.10. The van der Waals surface area contributed by atoms with E-state index >= 15 is 0 Å². The summed E-state index contributed by atoms with van der Waals surface area (Å²) in [6.45, 7) is 0. The minimum Gasteiger partial charge on any atom is -0.291 e. The molecule has 1 atom stereocenters. The zero-order valence-corrected chi connectivity index (χ0v) is 13.4. The van der Waals surface area contributed by atoms with Gasteiger partial charge in [-0.05, 0) is 35.2 Å². The van der Waals surface area contributed by atoms with E-state index in [9.17, 15) is 10.1 Å². The highest BCUT2D eigenvalue weighted by Crippen LogP contribution is 2.33. The number of Topliss-reactive ketones (excluding diaryl/α,β-unsaturated/α-hetero) is 1. The second kappa shape index (κ2) is 5.49. The number of fused-ring (bicyclic) bond motifs is 1. The lowest BCUT2D eigenvalue weighted by Crippen LogP contribution is -2.09. The highest BCUT2D eigenvalue weighted by Gasteiger charge is 2.23. The van der Waals surface area contributed by atoms with Gasteiger partial charge in [0.05, 0.1) is 10.9 Å². The number of benzene rings is 1. The van der Waals surface area contributed by atoms with E-state index in [4.69, 9.17) is 0 Å². The molecule has 0 aliphatic carbocycles. The third-order valence-electron chi connectivity index (χ3n) is 2.96. The first-order valence-corrected chi connectivity index (χ1v) is 8.34. The van der Waals surface area contributed by atoms with Crippen molar-refractivity contribution in [2.45, 2.75) is 5.92 Å². The van der Waals surface area contributed by atoms with Gasteiger partial charge in [0.2, 0.25) is 0 Å². The third kappa shape index (κ3) is 2.42. The number of ketones is 1. The van der Waals surface area contributed by atoms with Gasteiger partial charge in [0, 0.05) is 13.9 Å². The van der Waals surface area contributed by atoms with Crippen LogP contribution in [0, 0.1) is 11.3 Å². The minimum absolute atomic E-state index is 0.126. The maximum atomic E-state index is 12.5. The molecule has 0 saturated heterocycles. The van der Waals surface area contributed by atoms with E-state index in [2.05, 4.69) is 22.0 Å². The van der Waals surface area contributed by atoms with Crippen molar-refractivity contribution < 1.29 is 4.79 Å². The number of hydrogen-bond donors (Lipinski definition) is 0. The fourth-order valence-corrected chi connectivity index (χ4v) is 4.50. The fourth-order valence-electron chi connectivity index (χ4n) is 2.00. The number of rotatable bonds is 3. The molecule has 98 valence electrons. The van der Waals surface area contributed by atoms with Crippen LogP contribution in [0.25, 0.3) is 9.40 Å². The van der Waals surface area contributed by atoms with Crippen molar-refractivity contribution in [3.05, 3.63) is 56.7 Å². The van der Waals surface area contributed by atoms with Crippen molar-refractivity contribution in [2.24, 2.45) is 0 Å². The molecule has 1 unspecified atom stereocenters. The molecule has 3 aromatic rings. The molecule has 0 aliphatic heterocycles. The quantitative estimate of drug-likeness (QED) is 0.600. The van der Waals surface area contributed by atoms with Crippen LogP contribution in [0.4, 0.5) is 0 Å². The molecule has 2 nitrogen and oxygen atoms in total. The maximum absolute atomic E-state index is 12.5. The molecule has 0 aliphatic rings. The average Bonchev–Trinajstić information content (AvgIpc) is 3.00. The number of hydrogen-bond acceptors (Lipinski definition) is 4. The van der Waals surface area contributed by atoms with Crippen molar-refractivity contribution in [3.8, 4) is 6.07 Å². The molecule has 0 N–H and O–H groups in total. The van der Waals surface area contributed by atoms with Gasteiger partial charge in [0.15, 0.2) is 5.78 Å². The molecule has 0 radical (unpaired) electrons. The second-order valence-corrected chi connectivity index (χ2v) is 7.19. The molecule has 0 saturated carbocycles. The van der Waals surface area contributed by atoms with Crippen LogP contribution in [0.3, 0.4) is 0 Å². The fraction of sp³-hybridized carbons (Fsp3) is 0.0667. The lowest BCUT2D eigenvalue weighted by molar-refractivity contribution is 0.0983. The Bertz CT molecular complexity index is 799. The molecule has 2 heterocycles. The molecular weight excluding hydrogens is 354 g/mol. The summed E-state index contributed by atoms with van der Waals surface area (Å²) in [6, 6.07) is 13.4. The largest absolute Gasteiger partial charge is 0.291 e. The highest BCUT2D eigenvalue weighted by atomic mass is 79.9. The van der Waals surface area contributed by atoms with Crippen LogP contribution < -0.4 is 0 Å². The van der Waals surface area contributed by atoms with E-state index in [1.807, 2.05) is 41.8 Å². The van der Waals surface area contributed by atoms with Crippen molar-refractivity contribution in [3.63, 3.8) is 0 Å². The summed E-state index contributed by atoms with van der Waals surface area (Å²) in [5.41, 5.74) is 0.726. The van der Waals surface area contributed by atoms with Gasteiger partial charge in [0.25, 0.3) is 0 Å². The smallest absolute Gasteiger partial charge is 0.194 e. The minimum atomic E-state index is -0.750. The van der Waals surface area contributed by atoms with Crippen LogP contribution in [-0.4, -0.2) is 5.78 Å². The summed E-state index contributed by atoms with van der Waals surface area (Å²) in [7, 11) is 0. The Morgan fingerprint density at radius 3 is 2.80 bits per heavy atom. The topological polar surface area (TPSA) is 40.9 Å². The molecule has 3 rings (SSSR count). The monoisotopic (exact) mass is 361 g/mol. The number of halogens is 1. The first-order chi connectivity index (χ1) is 9.69. The predicted molar refractivity (Wildman–Crippen MR) is 86.5 cm³/mol. The lowest BCUT2D eigenvalue weighted by Gasteiger charge is -2.07. The number of carbonyl (C=O) groups excluding carboxylic acids is 1. The van der Waals surface area contributed by atoms with Crippen LogP contribution in [0.2, 0.25) is 0 Å².